The summed E-state index contributed by atoms with van der Waals surface area (Å²) in [5, 5.41) is 0. The molecule has 1 unspecified atom stereocenters. The summed E-state index contributed by atoms with van der Waals surface area (Å²) in [5.41, 5.74) is 2.67. The average molecular weight is 263 g/mol. The maximum atomic E-state index is 11.1. The number of ether oxygens (including phenoxy) is 1. The summed E-state index contributed by atoms with van der Waals surface area (Å²) in [4.78, 5) is 13.2. The Morgan fingerprint density at radius 2 is 1.95 bits per heavy atom. The van der Waals surface area contributed by atoms with Crippen LogP contribution in [0.25, 0.3) is 0 Å². The Balaban J connectivity index is 2.46. The van der Waals surface area contributed by atoms with Gasteiger partial charge in [-0.3, -0.25) is 4.79 Å². The highest BCUT2D eigenvalue weighted by Crippen LogP contribution is 2.19. The minimum atomic E-state index is -0.154. The molecular formula is C16H25NO2. The number of methoxy groups -OCH3 is 1. The highest BCUT2D eigenvalue weighted by atomic mass is 16.5. The summed E-state index contributed by atoms with van der Waals surface area (Å²) in [5.74, 6) is 0.463. The van der Waals surface area contributed by atoms with Crippen molar-refractivity contribution in [2.75, 3.05) is 20.7 Å². The van der Waals surface area contributed by atoms with Crippen molar-refractivity contribution in [2.24, 2.45) is 0 Å². The zero-order valence-corrected chi connectivity index (χ0v) is 12.5. The third-order valence-electron chi connectivity index (χ3n) is 3.54. The van der Waals surface area contributed by atoms with Gasteiger partial charge in [0, 0.05) is 13.1 Å². The van der Waals surface area contributed by atoms with E-state index in [0.29, 0.717) is 12.3 Å². The summed E-state index contributed by atoms with van der Waals surface area (Å²) in [6, 6.07) is 8.77. The molecule has 1 aromatic rings. The van der Waals surface area contributed by atoms with Crippen molar-refractivity contribution in [3.63, 3.8) is 0 Å². The van der Waals surface area contributed by atoms with Crippen molar-refractivity contribution in [1.29, 1.82) is 0 Å². The first kappa shape index (κ1) is 15.7. The first-order chi connectivity index (χ1) is 9.06. The predicted octanol–water partition coefficient (Wildman–Crippen LogP) is 3.20. The van der Waals surface area contributed by atoms with Gasteiger partial charge in [-0.05, 0) is 30.5 Å². The van der Waals surface area contributed by atoms with E-state index in [1.165, 1.54) is 24.7 Å². The maximum absolute atomic E-state index is 11.1. The highest BCUT2D eigenvalue weighted by molar-refractivity contribution is 5.69. The van der Waals surface area contributed by atoms with E-state index in [2.05, 4.69) is 47.7 Å². The molecule has 0 spiro atoms. The maximum Gasteiger partial charge on any atom is 0.306 e. The molecule has 0 amide bonds. The minimum absolute atomic E-state index is 0.154. The molecule has 0 fully saturated rings. The van der Waals surface area contributed by atoms with Gasteiger partial charge in [-0.1, -0.05) is 38.1 Å². The Morgan fingerprint density at radius 3 is 2.47 bits per heavy atom. The van der Waals surface area contributed by atoms with Crippen LogP contribution in [0.15, 0.2) is 24.3 Å². The number of carbonyl (C=O) groups is 1. The molecule has 1 rings (SSSR count). The van der Waals surface area contributed by atoms with Gasteiger partial charge in [-0.15, -0.1) is 0 Å². The SMILES string of the molecule is CCC(C)c1ccc(CN(C)CCC(=O)OC)cc1. The lowest BCUT2D eigenvalue weighted by Gasteiger charge is -2.16. The zero-order valence-electron chi connectivity index (χ0n) is 12.5. The molecule has 0 aliphatic carbocycles. The van der Waals surface area contributed by atoms with Crippen LogP contribution < -0.4 is 0 Å². The predicted molar refractivity (Wildman–Crippen MR) is 78.1 cm³/mol. The Hall–Kier alpha value is -1.35. The van der Waals surface area contributed by atoms with Gasteiger partial charge in [0.25, 0.3) is 0 Å². The standard InChI is InChI=1S/C16H25NO2/c1-5-13(2)15-8-6-14(7-9-15)12-17(3)11-10-16(18)19-4/h6-9,13H,5,10-12H2,1-4H3. The Bertz CT molecular complexity index is 386. The second-order valence-electron chi connectivity index (χ2n) is 5.11. The zero-order chi connectivity index (χ0) is 14.3. The second kappa shape index (κ2) is 7.95. The first-order valence-electron chi connectivity index (χ1n) is 6.91. The molecule has 0 bridgehead atoms. The van der Waals surface area contributed by atoms with Crippen molar-refractivity contribution >= 4 is 5.97 Å². The van der Waals surface area contributed by atoms with E-state index in [1.54, 1.807) is 0 Å². The molecule has 1 aromatic carbocycles. The molecule has 0 heterocycles. The topological polar surface area (TPSA) is 29.5 Å². The van der Waals surface area contributed by atoms with Crippen LogP contribution in [-0.4, -0.2) is 31.6 Å². The fraction of sp³-hybridized carbons (Fsp3) is 0.562. The van der Waals surface area contributed by atoms with Crippen LogP contribution in [0.2, 0.25) is 0 Å². The number of nitrogens with zero attached hydrogens (tertiary/aromatic N) is 1. The lowest BCUT2D eigenvalue weighted by atomic mass is 9.97. The number of hydrogen-bond donors (Lipinski definition) is 0. The van der Waals surface area contributed by atoms with E-state index < -0.39 is 0 Å². The summed E-state index contributed by atoms with van der Waals surface area (Å²) in [6.07, 6.45) is 1.61. The molecule has 3 heteroatoms. The number of benzene rings is 1. The Labute approximate surface area is 116 Å². The fourth-order valence-electron chi connectivity index (χ4n) is 1.96. The van der Waals surface area contributed by atoms with Crippen LogP contribution >= 0.6 is 0 Å². The van der Waals surface area contributed by atoms with Crippen LogP contribution in [0.5, 0.6) is 0 Å². The molecule has 0 saturated heterocycles. The number of carbonyl (C=O) groups excluding carboxylic acids is 1. The molecule has 0 N–H and O–H groups in total. The van der Waals surface area contributed by atoms with Gasteiger partial charge in [0.1, 0.15) is 0 Å². The lowest BCUT2D eigenvalue weighted by molar-refractivity contribution is -0.140. The largest absolute Gasteiger partial charge is 0.469 e. The molecule has 3 nitrogen and oxygen atoms in total. The van der Waals surface area contributed by atoms with Crippen LogP contribution in [0.3, 0.4) is 0 Å². The molecule has 106 valence electrons. The number of esters is 1. The Morgan fingerprint density at radius 1 is 1.32 bits per heavy atom. The summed E-state index contributed by atoms with van der Waals surface area (Å²) < 4.78 is 4.64. The fourth-order valence-corrected chi connectivity index (χ4v) is 1.96. The van der Waals surface area contributed by atoms with Crippen LogP contribution in [-0.2, 0) is 16.1 Å². The van der Waals surface area contributed by atoms with Gasteiger partial charge in [-0.25, -0.2) is 0 Å². The van der Waals surface area contributed by atoms with Crippen molar-refractivity contribution in [3.8, 4) is 0 Å². The van der Waals surface area contributed by atoms with E-state index in [0.717, 1.165) is 13.1 Å². The van der Waals surface area contributed by atoms with E-state index in [9.17, 15) is 4.79 Å². The second-order valence-corrected chi connectivity index (χ2v) is 5.11. The van der Waals surface area contributed by atoms with Gasteiger partial charge >= 0.3 is 5.97 Å². The van der Waals surface area contributed by atoms with Crippen molar-refractivity contribution in [1.82, 2.24) is 4.90 Å². The molecule has 0 aliphatic heterocycles. The first-order valence-corrected chi connectivity index (χ1v) is 6.91. The highest BCUT2D eigenvalue weighted by Gasteiger charge is 2.06. The van der Waals surface area contributed by atoms with Crippen molar-refractivity contribution in [2.45, 2.75) is 39.2 Å². The van der Waals surface area contributed by atoms with Crippen molar-refractivity contribution < 1.29 is 9.53 Å². The molecule has 0 aromatic heterocycles. The molecular weight excluding hydrogens is 238 g/mol. The van der Waals surface area contributed by atoms with E-state index in [-0.39, 0.29) is 5.97 Å². The van der Waals surface area contributed by atoms with E-state index in [4.69, 9.17) is 0 Å². The van der Waals surface area contributed by atoms with Gasteiger partial charge in [-0.2, -0.15) is 0 Å². The third kappa shape index (κ3) is 5.43. The Kier molecular flexibility index (Phi) is 6.57. The normalized spacial score (nSPS) is 12.5. The molecule has 19 heavy (non-hydrogen) atoms. The lowest BCUT2D eigenvalue weighted by Crippen LogP contribution is -2.21. The number of rotatable bonds is 7. The van der Waals surface area contributed by atoms with Gasteiger partial charge in [0.2, 0.25) is 0 Å². The van der Waals surface area contributed by atoms with Crippen LogP contribution in [0, 0.1) is 0 Å². The number of hydrogen-bond acceptors (Lipinski definition) is 3. The summed E-state index contributed by atoms with van der Waals surface area (Å²) in [7, 11) is 3.45. The summed E-state index contributed by atoms with van der Waals surface area (Å²) >= 11 is 0. The van der Waals surface area contributed by atoms with Gasteiger partial charge < -0.3 is 9.64 Å². The van der Waals surface area contributed by atoms with Gasteiger partial charge in [0.05, 0.1) is 13.5 Å². The molecule has 0 aliphatic rings. The molecule has 0 radical (unpaired) electrons. The quantitative estimate of drug-likeness (QED) is 0.708. The molecule has 1 atom stereocenters. The van der Waals surface area contributed by atoms with Crippen LogP contribution in [0.1, 0.15) is 43.7 Å². The van der Waals surface area contributed by atoms with E-state index >= 15 is 0 Å². The monoisotopic (exact) mass is 263 g/mol. The molecule has 0 saturated carbocycles. The van der Waals surface area contributed by atoms with Crippen LogP contribution in [0.4, 0.5) is 0 Å². The third-order valence-corrected chi connectivity index (χ3v) is 3.54. The van der Waals surface area contributed by atoms with E-state index in [1.807, 2.05) is 7.05 Å². The summed E-state index contributed by atoms with van der Waals surface area (Å²) in [6.45, 7) is 6.04. The smallest absolute Gasteiger partial charge is 0.306 e. The van der Waals surface area contributed by atoms with Gasteiger partial charge in [0.15, 0.2) is 0 Å². The van der Waals surface area contributed by atoms with Crippen molar-refractivity contribution in [3.05, 3.63) is 35.4 Å². The minimum Gasteiger partial charge on any atom is -0.469 e. The average Bonchev–Trinajstić information content (AvgIpc) is 2.44.